The number of nitrogens with one attached hydrogen (secondary N) is 1. The lowest BCUT2D eigenvalue weighted by Crippen LogP contribution is -2.48. The van der Waals surface area contributed by atoms with Crippen molar-refractivity contribution in [3.05, 3.63) is 134 Å². The smallest absolute Gasteiger partial charge is 0.415 e. The number of cyclic esters (lactones) is 1. The van der Waals surface area contributed by atoms with Gasteiger partial charge in [-0.2, -0.15) is 0 Å². The number of aryl methyl sites for hydroxylation is 1. The van der Waals surface area contributed by atoms with Gasteiger partial charge in [0, 0.05) is 66.6 Å². The van der Waals surface area contributed by atoms with Crippen molar-refractivity contribution >= 4 is 34.8 Å². The molecule has 4 aromatic carbocycles. The first kappa shape index (κ1) is 47.7. The van der Waals surface area contributed by atoms with Crippen LogP contribution >= 0.6 is 0 Å². The monoisotopic (exact) mass is 1000 g/mol. The first-order valence-corrected chi connectivity index (χ1v) is 24.6. The summed E-state index contributed by atoms with van der Waals surface area (Å²) in [5.41, 5.74) is 5.30. The minimum absolute atomic E-state index is 0.00675. The number of rotatable bonds is 11. The molecule has 0 aliphatic carbocycles. The molecule has 1 spiro atoms. The van der Waals surface area contributed by atoms with Crippen LogP contribution in [0.15, 0.2) is 89.7 Å². The molecule has 4 aliphatic heterocycles. The molecular weight excluding hydrogens is 949 g/mol. The zero-order chi connectivity index (χ0) is 51.7. The van der Waals surface area contributed by atoms with Crippen molar-refractivity contribution in [2.24, 2.45) is 0 Å². The van der Waals surface area contributed by atoms with E-state index in [4.69, 9.17) is 23.9 Å². The standard InChI is InChI=1S/C55H52N8O11/c1-6-36-38-22-35(16-17-43(38)57-47-40(36)26-62-44(47)24-42-41(52(62)68)27-71-53(69)55(42)28-72-55)74-54(70)60(5)31-18-20-61(21-19-31)51(67)30-8-12-33(13-9-30)73-34-14-10-32(11-15-34)63-48(58-59-49(63)50(66)56-7-2)39-23-37(29(3)4)45(64)25-46(39)65/h8-17,22-25,29,31,64-65H,6-7,18-21,26-28H2,1-5H3,(H,56,66). The van der Waals surface area contributed by atoms with Crippen molar-refractivity contribution in [1.82, 2.24) is 39.4 Å². The van der Waals surface area contributed by atoms with E-state index in [0.29, 0.717) is 113 Å². The highest BCUT2D eigenvalue weighted by molar-refractivity contribution is 5.95. The van der Waals surface area contributed by atoms with E-state index in [1.807, 2.05) is 32.9 Å². The van der Waals surface area contributed by atoms with E-state index in [9.17, 15) is 34.2 Å². The molecule has 0 radical (unpaired) electrons. The molecule has 2 fully saturated rings. The Morgan fingerprint density at radius 1 is 0.892 bits per heavy atom. The number of likely N-dealkylation sites (tertiary alicyclic amines) is 1. The summed E-state index contributed by atoms with van der Waals surface area (Å²) in [7, 11) is 1.70. The van der Waals surface area contributed by atoms with Gasteiger partial charge in [0.1, 0.15) is 35.4 Å². The van der Waals surface area contributed by atoms with Gasteiger partial charge in [-0.15, -0.1) is 10.2 Å². The molecule has 7 aromatic rings. The summed E-state index contributed by atoms with van der Waals surface area (Å²) in [5.74, 6) is 0.132. The minimum Gasteiger partial charge on any atom is -0.508 e. The molecule has 1 atom stereocenters. The van der Waals surface area contributed by atoms with Gasteiger partial charge in [0.25, 0.3) is 17.4 Å². The first-order valence-electron chi connectivity index (χ1n) is 24.6. The molecular formula is C55H52N8O11. The van der Waals surface area contributed by atoms with Gasteiger partial charge in [-0.25, -0.2) is 14.6 Å². The Hall–Kier alpha value is -8.58. The number of phenolic OH excluding ortho intramolecular Hbond substituents is 2. The first-order chi connectivity index (χ1) is 35.7. The van der Waals surface area contributed by atoms with Gasteiger partial charge in [0.05, 0.1) is 41.2 Å². The Morgan fingerprint density at radius 2 is 1.59 bits per heavy atom. The largest absolute Gasteiger partial charge is 0.508 e. The van der Waals surface area contributed by atoms with Gasteiger partial charge in [0.15, 0.2) is 5.82 Å². The van der Waals surface area contributed by atoms with Crippen LogP contribution in [0.5, 0.6) is 28.7 Å². The number of aromatic nitrogens is 5. The number of carbonyl (C=O) groups is 4. The third-order valence-corrected chi connectivity index (χ3v) is 14.5. The summed E-state index contributed by atoms with van der Waals surface area (Å²) in [6.45, 7) is 9.27. The van der Waals surface area contributed by atoms with Crippen molar-refractivity contribution < 1.29 is 48.3 Å². The average molecular weight is 1000 g/mol. The number of amides is 3. The van der Waals surface area contributed by atoms with E-state index in [0.717, 1.165) is 16.5 Å². The number of fused-ring (bicyclic) bond motifs is 6. The molecule has 2 saturated heterocycles. The van der Waals surface area contributed by atoms with Crippen LogP contribution in [0.3, 0.4) is 0 Å². The maximum atomic E-state index is 13.7. The topological polar surface area (TPSA) is 233 Å². The number of benzene rings is 4. The van der Waals surface area contributed by atoms with Crippen molar-refractivity contribution in [3.63, 3.8) is 0 Å². The predicted molar refractivity (Wildman–Crippen MR) is 269 cm³/mol. The highest BCUT2D eigenvalue weighted by Gasteiger charge is 2.59. The quantitative estimate of drug-likeness (QED) is 0.0851. The average Bonchev–Trinajstić information content (AvgIpc) is 4.00. The Bertz CT molecular complexity index is 3520. The molecule has 0 bridgehead atoms. The Balaban J connectivity index is 0.718. The van der Waals surface area contributed by atoms with Crippen LogP contribution in [-0.4, -0.2) is 108 Å². The van der Waals surface area contributed by atoms with Crippen molar-refractivity contribution in [3.8, 4) is 57.2 Å². The third-order valence-electron chi connectivity index (χ3n) is 14.5. The lowest BCUT2D eigenvalue weighted by molar-refractivity contribution is -0.153. The van der Waals surface area contributed by atoms with Crippen LogP contribution in [0.25, 0.3) is 39.4 Å². The Kier molecular flexibility index (Phi) is 11.9. The summed E-state index contributed by atoms with van der Waals surface area (Å²) in [6.07, 6.45) is 1.21. The van der Waals surface area contributed by atoms with Gasteiger partial charge in [-0.1, -0.05) is 20.8 Å². The van der Waals surface area contributed by atoms with Crippen LogP contribution in [0.1, 0.15) is 95.2 Å². The van der Waals surface area contributed by atoms with E-state index < -0.39 is 23.6 Å². The Morgan fingerprint density at radius 3 is 2.27 bits per heavy atom. The fourth-order valence-corrected chi connectivity index (χ4v) is 10.4. The number of esters is 1. The van der Waals surface area contributed by atoms with Gasteiger partial charge in [-0.3, -0.25) is 19.0 Å². The van der Waals surface area contributed by atoms with E-state index >= 15 is 0 Å². The number of hydrogen-bond acceptors (Lipinski definition) is 14. The summed E-state index contributed by atoms with van der Waals surface area (Å²) in [6, 6.07) is 23.7. The number of aromatic hydroxyl groups is 2. The molecule has 74 heavy (non-hydrogen) atoms. The molecule has 3 N–H and O–H groups in total. The normalized spacial score (nSPS) is 16.7. The van der Waals surface area contributed by atoms with Gasteiger partial charge < -0.3 is 48.8 Å². The maximum absolute atomic E-state index is 13.7. The number of hydrogen-bond donors (Lipinski definition) is 3. The molecule has 378 valence electrons. The summed E-state index contributed by atoms with van der Waals surface area (Å²) < 4.78 is 26.2. The second kappa shape index (κ2) is 18.5. The number of nitrogens with zero attached hydrogens (tertiary/aromatic N) is 7. The van der Waals surface area contributed by atoms with Crippen molar-refractivity contribution in [2.75, 3.05) is 33.3 Å². The van der Waals surface area contributed by atoms with Crippen LogP contribution < -0.4 is 20.3 Å². The maximum Gasteiger partial charge on any atom is 0.415 e. The Labute approximate surface area is 423 Å². The van der Waals surface area contributed by atoms with Crippen LogP contribution in [0.2, 0.25) is 0 Å². The zero-order valence-corrected chi connectivity index (χ0v) is 41.3. The van der Waals surface area contributed by atoms with Crippen LogP contribution in [-0.2, 0) is 39.4 Å². The van der Waals surface area contributed by atoms with E-state index in [1.165, 1.54) is 10.6 Å². The third kappa shape index (κ3) is 8.12. The zero-order valence-electron chi connectivity index (χ0n) is 41.3. The molecule has 3 amide bonds. The summed E-state index contributed by atoms with van der Waals surface area (Å²) >= 11 is 0. The molecule has 3 aromatic heterocycles. The molecule has 19 nitrogen and oxygen atoms in total. The lowest BCUT2D eigenvalue weighted by atomic mass is 9.92. The molecule has 1 unspecified atom stereocenters. The second-order valence-electron chi connectivity index (χ2n) is 19.2. The number of pyridine rings is 2. The highest BCUT2D eigenvalue weighted by atomic mass is 16.6. The summed E-state index contributed by atoms with van der Waals surface area (Å²) in [5, 5.41) is 33.4. The van der Waals surface area contributed by atoms with Gasteiger partial charge >= 0.3 is 12.1 Å². The number of epoxide rings is 1. The van der Waals surface area contributed by atoms with E-state index in [1.54, 1.807) is 95.1 Å². The second-order valence-corrected chi connectivity index (χ2v) is 19.2. The molecule has 7 heterocycles. The van der Waals surface area contributed by atoms with Crippen molar-refractivity contribution in [2.45, 2.75) is 77.7 Å². The molecule has 19 heteroatoms. The minimum atomic E-state index is -1.22. The molecule has 0 saturated carbocycles. The lowest BCUT2D eigenvalue weighted by Gasteiger charge is -2.36. The number of carbonyl (C=O) groups excluding carboxylic acids is 4. The number of phenols is 2. The van der Waals surface area contributed by atoms with E-state index in [-0.39, 0.29) is 59.8 Å². The summed E-state index contributed by atoms with van der Waals surface area (Å²) in [4.78, 5) is 75.1. The molecule has 4 aliphatic rings. The number of ether oxygens (including phenoxy) is 4. The van der Waals surface area contributed by atoms with Crippen molar-refractivity contribution in [1.29, 1.82) is 0 Å². The van der Waals surface area contributed by atoms with Gasteiger partial charge in [-0.05, 0) is 122 Å². The van der Waals surface area contributed by atoms with Crippen LogP contribution in [0, 0.1) is 0 Å². The van der Waals surface area contributed by atoms with E-state index in [2.05, 4.69) is 15.5 Å². The highest BCUT2D eigenvalue weighted by Crippen LogP contribution is 2.47. The fraction of sp³-hybridized carbons (Fsp3) is 0.309. The molecule has 11 rings (SSSR count). The number of piperidine rings is 1. The van der Waals surface area contributed by atoms with Crippen LogP contribution in [0.4, 0.5) is 4.79 Å². The predicted octanol–water partition coefficient (Wildman–Crippen LogP) is 7.33. The SMILES string of the molecule is CCNC(=O)c1nnc(-c2cc(C(C)C)c(O)cc2O)n1-c1ccc(Oc2ccc(C(=O)N3CCC(N(C)C(=O)Oc4ccc5nc6c(c(CC)c5c4)Cn4c-6cc5c(c4=O)COC(=O)C54CO4)CC3)cc2)cc1. The fourth-order valence-electron chi connectivity index (χ4n) is 10.4. The van der Waals surface area contributed by atoms with Gasteiger partial charge in [0.2, 0.25) is 11.4 Å².